The third kappa shape index (κ3) is 1.67. The highest BCUT2D eigenvalue weighted by Gasteiger charge is 2.32. The van der Waals surface area contributed by atoms with Crippen molar-refractivity contribution < 1.29 is 5.11 Å². The first kappa shape index (κ1) is 9.63. The van der Waals surface area contributed by atoms with E-state index in [0.717, 1.165) is 17.3 Å². The van der Waals surface area contributed by atoms with Crippen molar-refractivity contribution in [2.45, 2.75) is 23.8 Å². The van der Waals surface area contributed by atoms with E-state index in [1.165, 1.54) is 12.8 Å². The molecule has 5 heteroatoms. The van der Waals surface area contributed by atoms with Crippen molar-refractivity contribution in [2.24, 2.45) is 0 Å². The molecule has 0 atom stereocenters. The molecular formula is C10H11ClN2OS. The minimum Gasteiger partial charge on any atom is -0.506 e. The predicted molar refractivity (Wildman–Crippen MR) is 62.5 cm³/mol. The fourth-order valence-corrected chi connectivity index (χ4v) is 2.78. The minimum absolute atomic E-state index is 0.155. The largest absolute Gasteiger partial charge is 0.506 e. The van der Waals surface area contributed by atoms with Gasteiger partial charge >= 0.3 is 0 Å². The number of aromatic hydroxyl groups is 1. The lowest BCUT2D eigenvalue weighted by Gasteiger charge is -2.31. The molecular weight excluding hydrogens is 232 g/mol. The van der Waals surface area contributed by atoms with E-state index in [4.69, 9.17) is 11.6 Å². The van der Waals surface area contributed by atoms with Crippen molar-refractivity contribution in [1.82, 2.24) is 4.72 Å². The molecule has 2 N–H and O–H groups in total. The summed E-state index contributed by atoms with van der Waals surface area (Å²) in [6, 6.07) is 4.24. The zero-order chi connectivity index (χ0) is 10.4. The summed E-state index contributed by atoms with van der Waals surface area (Å²) >= 11 is 7.48. The molecule has 0 unspecified atom stereocenters. The Kier molecular flexibility index (Phi) is 2.23. The Hall–Kier alpha value is -0.580. The van der Waals surface area contributed by atoms with Gasteiger partial charge in [0.15, 0.2) is 0 Å². The number of rotatable bonds is 1. The molecule has 1 aromatic carbocycles. The molecule has 0 bridgehead atoms. The molecule has 15 heavy (non-hydrogen) atoms. The van der Waals surface area contributed by atoms with Gasteiger partial charge in [-0.1, -0.05) is 11.6 Å². The van der Waals surface area contributed by atoms with Crippen LogP contribution in [0.1, 0.15) is 12.8 Å². The van der Waals surface area contributed by atoms with E-state index in [9.17, 15) is 5.11 Å². The maximum Gasteiger partial charge on any atom is 0.135 e. The lowest BCUT2D eigenvalue weighted by molar-refractivity contribution is 0.474. The van der Waals surface area contributed by atoms with Gasteiger partial charge < -0.3 is 10.0 Å². The van der Waals surface area contributed by atoms with E-state index in [0.29, 0.717) is 11.1 Å². The number of nitrogens with zero attached hydrogens (tertiary/aromatic N) is 1. The number of fused-ring (bicyclic) bond motifs is 1. The molecule has 1 aliphatic carbocycles. The van der Waals surface area contributed by atoms with Gasteiger partial charge in [0.25, 0.3) is 0 Å². The van der Waals surface area contributed by atoms with Crippen LogP contribution in [0.25, 0.3) is 0 Å². The molecule has 3 nitrogen and oxygen atoms in total. The number of phenolic OH excluding ortho intramolecular Hbond substituents is 1. The highest BCUT2D eigenvalue weighted by Crippen LogP contribution is 2.43. The quantitative estimate of drug-likeness (QED) is 0.742. The number of nitrogens with one attached hydrogen (secondary N) is 1. The van der Waals surface area contributed by atoms with Gasteiger partial charge in [0.2, 0.25) is 0 Å². The molecule has 0 spiro atoms. The van der Waals surface area contributed by atoms with E-state index in [2.05, 4.69) is 9.62 Å². The second-order valence-corrected chi connectivity index (χ2v) is 5.22. The summed E-state index contributed by atoms with van der Waals surface area (Å²) in [6.45, 7) is 0.851. The molecule has 80 valence electrons. The van der Waals surface area contributed by atoms with Crippen LogP contribution in [0.2, 0.25) is 5.02 Å². The first-order chi connectivity index (χ1) is 7.25. The summed E-state index contributed by atoms with van der Waals surface area (Å²) in [7, 11) is 0. The molecule has 1 aromatic rings. The maximum atomic E-state index is 9.52. The fourth-order valence-electron chi connectivity index (χ4n) is 1.82. The SMILES string of the molecule is Oc1cc2c(cc1Cl)N(C1CC1)CNS2. The Bertz CT molecular complexity index is 409. The van der Waals surface area contributed by atoms with E-state index < -0.39 is 0 Å². The summed E-state index contributed by atoms with van der Waals surface area (Å²) in [6.07, 6.45) is 2.51. The Morgan fingerprint density at radius 1 is 1.47 bits per heavy atom. The molecule has 0 radical (unpaired) electrons. The van der Waals surface area contributed by atoms with Crippen LogP contribution in [0, 0.1) is 0 Å². The molecule has 1 saturated carbocycles. The Morgan fingerprint density at radius 3 is 3.00 bits per heavy atom. The number of hydrogen-bond acceptors (Lipinski definition) is 4. The molecule has 0 amide bonds. The lowest BCUT2D eigenvalue weighted by Crippen LogP contribution is -2.36. The van der Waals surface area contributed by atoms with E-state index in [-0.39, 0.29) is 5.75 Å². The number of hydrogen-bond donors (Lipinski definition) is 2. The van der Waals surface area contributed by atoms with Crippen LogP contribution in [0.15, 0.2) is 17.0 Å². The maximum absolute atomic E-state index is 9.52. The van der Waals surface area contributed by atoms with Gasteiger partial charge in [0.05, 0.1) is 22.3 Å². The van der Waals surface area contributed by atoms with Crippen LogP contribution in [-0.2, 0) is 0 Å². The average Bonchev–Trinajstić information content (AvgIpc) is 3.02. The Labute approximate surface area is 97.5 Å². The topological polar surface area (TPSA) is 35.5 Å². The van der Waals surface area contributed by atoms with Gasteiger partial charge in [-0.15, -0.1) is 0 Å². The third-order valence-corrected chi connectivity index (χ3v) is 3.87. The molecule has 1 fully saturated rings. The van der Waals surface area contributed by atoms with Gasteiger partial charge in [0, 0.05) is 6.04 Å². The smallest absolute Gasteiger partial charge is 0.135 e. The van der Waals surface area contributed by atoms with Gasteiger partial charge in [-0.05, 0) is 36.9 Å². The zero-order valence-corrected chi connectivity index (χ0v) is 9.61. The van der Waals surface area contributed by atoms with Crippen LogP contribution >= 0.6 is 23.5 Å². The molecule has 0 aromatic heterocycles. The van der Waals surface area contributed by atoms with Gasteiger partial charge in [-0.25, -0.2) is 4.72 Å². The lowest BCUT2D eigenvalue weighted by atomic mass is 10.2. The molecule has 0 saturated heterocycles. The van der Waals surface area contributed by atoms with Crippen LogP contribution in [0.3, 0.4) is 0 Å². The molecule has 1 aliphatic heterocycles. The first-order valence-electron chi connectivity index (χ1n) is 4.94. The number of halogens is 1. The van der Waals surface area contributed by atoms with Crippen molar-refractivity contribution in [3.63, 3.8) is 0 Å². The molecule has 2 aliphatic rings. The van der Waals surface area contributed by atoms with Gasteiger partial charge in [0.1, 0.15) is 5.75 Å². The first-order valence-corrected chi connectivity index (χ1v) is 6.14. The summed E-state index contributed by atoms with van der Waals surface area (Å²) in [5.74, 6) is 0.155. The predicted octanol–water partition coefficient (Wildman–Crippen LogP) is 2.58. The summed E-state index contributed by atoms with van der Waals surface area (Å²) < 4.78 is 3.25. The van der Waals surface area contributed by atoms with Crippen molar-refractivity contribution in [2.75, 3.05) is 11.6 Å². The standard InChI is InChI=1S/C10H11ClN2OS/c11-7-3-8-10(4-9(7)14)15-12-5-13(8)6-1-2-6/h3-4,6,12,14H,1-2,5H2. The van der Waals surface area contributed by atoms with Crippen LogP contribution in [0.5, 0.6) is 5.75 Å². The zero-order valence-electron chi connectivity index (χ0n) is 8.03. The monoisotopic (exact) mass is 242 g/mol. The van der Waals surface area contributed by atoms with Crippen molar-refractivity contribution in [1.29, 1.82) is 0 Å². The molecule has 3 rings (SSSR count). The summed E-state index contributed by atoms with van der Waals surface area (Å²) in [4.78, 5) is 3.37. The Morgan fingerprint density at radius 2 is 2.27 bits per heavy atom. The third-order valence-electron chi connectivity index (χ3n) is 2.74. The number of anilines is 1. The number of benzene rings is 1. The fraction of sp³-hybridized carbons (Fsp3) is 0.400. The van der Waals surface area contributed by atoms with Gasteiger partial charge in [-0.2, -0.15) is 0 Å². The van der Waals surface area contributed by atoms with Crippen LogP contribution < -0.4 is 9.62 Å². The van der Waals surface area contributed by atoms with Gasteiger partial charge in [-0.3, -0.25) is 0 Å². The second kappa shape index (κ2) is 3.47. The second-order valence-electron chi connectivity index (χ2n) is 3.88. The summed E-state index contributed by atoms with van der Waals surface area (Å²) in [5, 5.41) is 9.96. The average molecular weight is 243 g/mol. The van der Waals surface area contributed by atoms with Crippen molar-refractivity contribution in [3.8, 4) is 5.75 Å². The van der Waals surface area contributed by atoms with Crippen LogP contribution in [0.4, 0.5) is 5.69 Å². The highest BCUT2D eigenvalue weighted by molar-refractivity contribution is 7.97. The van der Waals surface area contributed by atoms with E-state index >= 15 is 0 Å². The van der Waals surface area contributed by atoms with Crippen LogP contribution in [-0.4, -0.2) is 17.8 Å². The normalized spacial score (nSPS) is 20.2. The van der Waals surface area contributed by atoms with E-state index in [1.54, 1.807) is 18.0 Å². The van der Waals surface area contributed by atoms with E-state index in [1.807, 2.05) is 6.07 Å². The van der Waals surface area contributed by atoms with Crippen molar-refractivity contribution >= 4 is 29.2 Å². The minimum atomic E-state index is 0.155. The highest BCUT2D eigenvalue weighted by atomic mass is 35.5. The Balaban J connectivity index is 2.05. The summed E-state index contributed by atoms with van der Waals surface area (Å²) in [5.41, 5.74) is 1.14. The van der Waals surface area contributed by atoms with Crippen molar-refractivity contribution in [3.05, 3.63) is 17.2 Å². The molecule has 1 heterocycles. The number of phenols is 1.